The lowest BCUT2D eigenvalue weighted by atomic mass is 10.2. The summed E-state index contributed by atoms with van der Waals surface area (Å²) in [7, 11) is 0. The van der Waals surface area contributed by atoms with Crippen molar-refractivity contribution in [1.82, 2.24) is 0 Å². The molecule has 0 aliphatic rings. The van der Waals surface area contributed by atoms with E-state index in [1.54, 1.807) is 18.2 Å². The number of carboxylic acid groups (broad SMARTS) is 1. The third kappa shape index (κ3) is 2.21. The van der Waals surface area contributed by atoms with E-state index in [2.05, 4.69) is 0 Å². The average Bonchev–Trinajstić information content (AvgIpc) is 2.64. The molecule has 1 aromatic heterocycles. The summed E-state index contributed by atoms with van der Waals surface area (Å²) in [5, 5.41) is 11.4. The van der Waals surface area contributed by atoms with Crippen LogP contribution in [0.15, 0.2) is 34.7 Å². The SMILES string of the molecule is O=C([O-])c1ccc(-c2cc(Cl)cc(Cl)c2)o1. The highest BCUT2D eigenvalue weighted by atomic mass is 35.5. The van der Waals surface area contributed by atoms with Crippen LogP contribution in [-0.4, -0.2) is 5.97 Å². The second kappa shape index (κ2) is 4.20. The van der Waals surface area contributed by atoms with Gasteiger partial charge in [-0.25, -0.2) is 0 Å². The molecule has 1 heterocycles. The van der Waals surface area contributed by atoms with E-state index in [0.29, 0.717) is 21.4 Å². The van der Waals surface area contributed by atoms with Crippen molar-refractivity contribution >= 4 is 29.2 Å². The molecule has 82 valence electrons. The number of benzene rings is 1. The van der Waals surface area contributed by atoms with E-state index in [1.807, 2.05) is 0 Å². The highest BCUT2D eigenvalue weighted by molar-refractivity contribution is 6.35. The van der Waals surface area contributed by atoms with Gasteiger partial charge in [0.25, 0.3) is 0 Å². The molecule has 0 saturated carbocycles. The molecule has 0 spiro atoms. The van der Waals surface area contributed by atoms with Crippen LogP contribution in [0, 0.1) is 0 Å². The maximum Gasteiger partial charge on any atom is 0.150 e. The quantitative estimate of drug-likeness (QED) is 0.829. The third-order valence-corrected chi connectivity index (χ3v) is 2.39. The summed E-state index contributed by atoms with van der Waals surface area (Å²) in [5.74, 6) is -1.21. The first-order chi connectivity index (χ1) is 7.56. The Kier molecular flexibility index (Phi) is 2.90. The molecule has 0 N–H and O–H groups in total. The highest BCUT2D eigenvalue weighted by Crippen LogP contribution is 2.28. The molecule has 2 rings (SSSR count). The monoisotopic (exact) mass is 255 g/mol. The van der Waals surface area contributed by atoms with Crippen LogP contribution in [0.1, 0.15) is 10.6 Å². The average molecular weight is 256 g/mol. The van der Waals surface area contributed by atoms with Crippen molar-refractivity contribution in [2.75, 3.05) is 0 Å². The molecular weight excluding hydrogens is 251 g/mol. The number of carboxylic acids is 1. The van der Waals surface area contributed by atoms with Gasteiger partial charge in [-0.3, -0.25) is 0 Å². The lowest BCUT2D eigenvalue weighted by Gasteiger charge is -2.00. The first kappa shape index (κ1) is 11.0. The van der Waals surface area contributed by atoms with Crippen LogP contribution in [0.3, 0.4) is 0 Å². The van der Waals surface area contributed by atoms with E-state index in [1.165, 1.54) is 12.1 Å². The highest BCUT2D eigenvalue weighted by Gasteiger charge is 2.07. The zero-order valence-corrected chi connectivity index (χ0v) is 9.38. The van der Waals surface area contributed by atoms with Crippen LogP contribution in [0.25, 0.3) is 11.3 Å². The molecule has 0 unspecified atom stereocenters. The van der Waals surface area contributed by atoms with E-state index in [0.717, 1.165) is 0 Å². The topological polar surface area (TPSA) is 53.3 Å². The van der Waals surface area contributed by atoms with E-state index in [-0.39, 0.29) is 5.76 Å². The lowest BCUT2D eigenvalue weighted by Crippen LogP contribution is -2.21. The Balaban J connectivity index is 2.46. The molecule has 2 aromatic rings. The van der Waals surface area contributed by atoms with E-state index < -0.39 is 5.97 Å². The van der Waals surface area contributed by atoms with E-state index in [9.17, 15) is 9.90 Å². The van der Waals surface area contributed by atoms with Gasteiger partial charge < -0.3 is 14.3 Å². The number of halogens is 2. The molecule has 5 heteroatoms. The summed E-state index contributed by atoms with van der Waals surface area (Å²) in [4.78, 5) is 10.5. The Morgan fingerprint density at radius 3 is 2.25 bits per heavy atom. The number of furan rings is 1. The Morgan fingerprint density at radius 1 is 1.12 bits per heavy atom. The van der Waals surface area contributed by atoms with Gasteiger partial charge in [0.1, 0.15) is 17.5 Å². The van der Waals surface area contributed by atoms with Crippen LogP contribution in [-0.2, 0) is 0 Å². The minimum Gasteiger partial charge on any atom is -0.542 e. The molecule has 0 saturated heterocycles. The molecule has 16 heavy (non-hydrogen) atoms. The van der Waals surface area contributed by atoms with Crippen LogP contribution in [0.4, 0.5) is 0 Å². The smallest absolute Gasteiger partial charge is 0.150 e. The van der Waals surface area contributed by atoms with Crippen molar-refractivity contribution < 1.29 is 14.3 Å². The standard InChI is InChI=1S/C11H6Cl2O3/c12-7-3-6(4-8(13)5-7)9-1-2-10(16-9)11(14)15/h1-5H,(H,14,15)/p-1. The van der Waals surface area contributed by atoms with Crippen molar-refractivity contribution in [3.63, 3.8) is 0 Å². The molecule has 0 fully saturated rings. The zero-order valence-electron chi connectivity index (χ0n) is 7.87. The fraction of sp³-hybridized carbons (Fsp3) is 0. The second-order valence-electron chi connectivity index (χ2n) is 3.11. The van der Waals surface area contributed by atoms with Crippen LogP contribution >= 0.6 is 23.2 Å². The molecule has 0 aliphatic carbocycles. The molecule has 0 atom stereocenters. The molecule has 0 bridgehead atoms. The third-order valence-electron chi connectivity index (χ3n) is 1.95. The maximum absolute atomic E-state index is 10.5. The molecule has 3 nitrogen and oxygen atoms in total. The molecular formula is C11H5Cl2O3-. The summed E-state index contributed by atoms with van der Waals surface area (Å²) < 4.78 is 5.06. The van der Waals surface area contributed by atoms with Gasteiger partial charge in [-0.1, -0.05) is 23.2 Å². The van der Waals surface area contributed by atoms with Gasteiger partial charge in [0.15, 0.2) is 0 Å². The van der Waals surface area contributed by atoms with E-state index >= 15 is 0 Å². The molecule has 0 aliphatic heterocycles. The van der Waals surface area contributed by atoms with Gasteiger partial charge in [0.2, 0.25) is 0 Å². The van der Waals surface area contributed by atoms with Crippen molar-refractivity contribution in [1.29, 1.82) is 0 Å². The van der Waals surface area contributed by atoms with Gasteiger partial charge in [0, 0.05) is 15.6 Å². The Morgan fingerprint density at radius 2 is 1.75 bits per heavy atom. The molecule has 0 radical (unpaired) electrons. The Hall–Kier alpha value is -1.45. The van der Waals surface area contributed by atoms with Crippen molar-refractivity contribution in [2.24, 2.45) is 0 Å². The first-order valence-electron chi connectivity index (χ1n) is 4.34. The molecule has 0 amide bonds. The van der Waals surface area contributed by atoms with Crippen LogP contribution in [0.5, 0.6) is 0 Å². The minimum atomic E-state index is -1.36. The maximum atomic E-state index is 10.5. The number of aromatic carboxylic acids is 1. The zero-order chi connectivity index (χ0) is 11.7. The van der Waals surface area contributed by atoms with Gasteiger partial charge >= 0.3 is 0 Å². The number of hydrogen-bond donors (Lipinski definition) is 0. The van der Waals surface area contributed by atoms with Gasteiger partial charge in [-0.2, -0.15) is 0 Å². The number of hydrogen-bond acceptors (Lipinski definition) is 3. The predicted octanol–water partition coefficient (Wildman–Crippen LogP) is 2.62. The fourth-order valence-electron chi connectivity index (χ4n) is 1.30. The van der Waals surface area contributed by atoms with E-state index in [4.69, 9.17) is 27.6 Å². The summed E-state index contributed by atoms with van der Waals surface area (Å²) in [5.41, 5.74) is 0.616. The van der Waals surface area contributed by atoms with Crippen molar-refractivity contribution in [3.05, 3.63) is 46.1 Å². The molecule has 1 aromatic carbocycles. The Bertz CT molecular complexity index is 526. The van der Waals surface area contributed by atoms with Gasteiger partial charge in [0.05, 0.1) is 0 Å². The predicted molar refractivity (Wildman–Crippen MR) is 58.5 cm³/mol. The summed E-state index contributed by atoms with van der Waals surface area (Å²) in [6.45, 7) is 0. The first-order valence-corrected chi connectivity index (χ1v) is 5.09. The normalized spacial score (nSPS) is 10.4. The number of carbonyl (C=O) groups is 1. The fourth-order valence-corrected chi connectivity index (χ4v) is 1.82. The van der Waals surface area contributed by atoms with Gasteiger partial charge in [-0.05, 0) is 30.3 Å². The summed E-state index contributed by atoms with van der Waals surface area (Å²) in [6, 6.07) is 7.68. The van der Waals surface area contributed by atoms with Crippen LogP contribution in [0.2, 0.25) is 10.0 Å². The summed E-state index contributed by atoms with van der Waals surface area (Å²) >= 11 is 11.6. The number of rotatable bonds is 2. The van der Waals surface area contributed by atoms with Crippen molar-refractivity contribution in [3.8, 4) is 11.3 Å². The largest absolute Gasteiger partial charge is 0.542 e. The minimum absolute atomic E-state index is 0.230. The lowest BCUT2D eigenvalue weighted by molar-refractivity contribution is -0.257. The summed E-state index contributed by atoms with van der Waals surface area (Å²) in [6.07, 6.45) is 0. The van der Waals surface area contributed by atoms with Crippen LogP contribution < -0.4 is 5.11 Å². The van der Waals surface area contributed by atoms with Gasteiger partial charge in [-0.15, -0.1) is 0 Å². The second-order valence-corrected chi connectivity index (χ2v) is 3.98. The Labute approximate surface area is 101 Å². The number of carbonyl (C=O) groups excluding carboxylic acids is 1. The van der Waals surface area contributed by atoms with Crippen molar-refractivity contribution in [2.45, 2.75) is 0 Å².